The Kier molecular flexibility index (Phi) is 16.4. The summed E-state index contributed by atoms with van der Waals surface area (Å²) in [4.78, 5) is 53.3. The van der Waals surface area contributed by atoms with Crippen molar-refractivity contribution in [2.75, 3.05) is 65.5 Å². The van der Waals surface area contributed by atoms with E-state index in [2.05, 4.69) is 28.5 Å². The number of carbonyl (C=O) groups excluding carboxylic acids is 2. The summed E-state index contributed by atoms with van der Waals surface area (Å²) in [5.41, 5.74) is 0.676. The molecule has 2 aliphatic rings. The predicted molar refractivity (Wildman–Crippen MR) is 166 cm³/mol. The molecule has 2 N–H and O–H groups in total. The number of likely N-dealkylation sites (tertiary alicyclic amines) is 2. The molecular weight excluding hydrogens is 552 g/mol. The van der Waals surface area contributed by atoms with Crippen LogP contribution in [0.4, 0.5) is 4.79 Å². The van der Waals surface area contributed by atoms with Crippen molar-refractivity contribution in [3.63, 3.8) is 0 Å². The van der Waals surface area contributed by atoms with Gasteiger partial charge in [-0.2, -0.15) is 0 Å². The van der Waals surface area contributed by atoms with Gasteiger partial charge in [-0.3, -0.25) is 4.79 Å². The standard InChI is InChI=1S/C28H46N4O3.C4H4O4/c1-24(2)32(22-23-35-27-12-10-26(11-13-27)25(3)33)28(34)31(20-8-18-29-14-4-5-15-29)21-9-19-30-16-6-7-17-30;5-3(6)1-2-4(7)8/h10-13,24H,4-9,14-23H2,1-3H3;1-2H,(H,5,6)(H,7,8). The molecule has 2 heterocycles. The van der Waals surface area contributed by atoms with Crippen LogP contribution in [0.3, 0.4) is 0 Å². The van der Waals surface area contributed by atoms with Gasteiger partial charge in [-0.05, 0) is 123 Å². The van der Waals surface area contributed by atoms with Crippen molar-refractivity contribution in [3.05, 3.63) is 42.0 Å². The van der Waals surface area contributed by atoms with Gasteiger partial charge in [-0.15, -0.1) is 0 Å². The summed E-state index contributed by atoms with van der Waals surface area (Å²) >= 11 is 0. The highest BCUT2D eigenvalue weighted by Gasteiger charge is 2.24. The van der Waals surface area contributed by atoms with E-state index in [1.165, 1.54) is 51.9 Å². The molecule has 0 radical (unpaired) electrons. The van der Waals surface area contributed by atoms with Crippen LogP contribution in [0.25, 0.3) is 0 Å². The van der Waals surface area contributed by atoms with Crippen molar-refractivity contribution in [1.82, 2.24) is 19.6 Å². The van der Waals surface area contributed by atoms with Gasteiger partial charge >= 0.3 is 18.0 Å². The van der Waals surface area contributed by atoms with Gasteiger partial charge in [0.2, 0.25) is 0 Å². The maximum Gasteiger partial charge on any atom is 0.328 e. The van der Waals surface area contributed by atoms with Gasteiger partial charge in [0.1, 0.15) is 12.4 Å². The molecule has 0 aliphatic carbocycles. The molecule has 0 saturated carbocycles. The molecule has 2 saturated heterocycles. The van der Waals surface area contributed by atoms with E-state index in [1.807, 2.05) is 17.0 Å². The van der Waals surface area contributed by atoms with Crippen LogP contribution < -0.4 is 4.74 Å². The number of Topliss-reactive ketones (excluding diaryl/α,β-unsaturated/α-hetero) is 1. The van der Waals surface area contributed by atoms with Crippen LogP contribution in [0, 0.1) is 0 Å². The first kappa shape index (κ1) is 35.8. The first-order chi connectivity index (χ1) is 20.6. The second-order valence-corrected chi connectivity index (χ2v) is 11.3. The molecule has 11 nitrogen and oxygen atoms in total. The van der Waals surface area contributed by atoms with E-state index in [9.17, 15) is 19.2 Å². The summed E-state index contributed by atoms with van der Waals surface area (Å²) in [7, 11) is 0. The van der Waals surface area contributed by atoms with Crippen molar-refractivity contribution in [1.29, 1.82) is 0 Å². The number of urea groups is 1. The van der Waals surface area contributed by atoms with Gasteiger partial charge in [0.25, 0.3) is 0 Å². The summed E-state index contributed by atoms with van der Waals surface area (Å²) in [6, 6.07) is 7.43. The number of carbonyl (C=O) groups is 4. The zero-order valence-electron chi connectivity index (χ0n) is 26.1. The minimum Gasteiger partial charge on any atom is -0.492 e. The molecule has 0 bridgehead atoms. The zero-order valence-corrected chi connectivity index (χ0v) is 26.1. The summed E-state index contributed by atoms with van der Waals surface area (Å²) in [5.74, 6) is -1.75. The summed E-state index contributed by atoms with van der Waals surface area (Å²) in [5, 5.41) is 15.6. The average molecular weight is 603 g/mol. The zero-order chi connectivity index (χ0) is 31.6. The summed E-state index contributed by atoms with van der Waals surface area (Å²) in [6.07, 6.45) is 8.38. The van der Waals surface area contributed by atoms with E-state index in [0.29, 0.717) is 30.9 Å². The molecule has 1 aromatic rings. The molecule has 2 fully saturated rings. The largest absolute Gasteiger partial charge is 0.492 e. The van der Waals surface area contributed by atoms with Crippen LogP contribution in [0.5, 0.6) is 5.75 Å². The Morgan fingerprint density at radius 2 is 1.28 bits per heavy atom. The second-order valence-electron chi connectivity index (χ2n) is 11.3. The van der Waals surface area contributed by atoms with Gasteiger partial charge in [0.15, 0.2) is 5.78 Å². The van der Waals surface area contributed by atoms with Gasteiger partial charge in [0.05, 0.1) is 6.54 Å². The number of ether oxygens (including phenoxy) is 1. The number of amides is 2. The molecule has 2 amide bonds. The monoisotopic (exact) mass is 602 g/mol. The van der Waals surface area contributed by atoms with E-state index in [0.717, 1.165) is 44.8 Å². The highest BCUT2D eigenvalue weighted by molar-refractivity contribution is 5.94. The molecule has 2 aliphatic heterocycles. The van der Waals surface area contributed by atoms with Crippen LogP contribution in [-0.4, -0.2) is 125 Å². The predicted octanol–water partition coefficient (Wildman–Crippen LogP) is 4.08. The maximum atomic E-state index is 13.6. The van der Waals surface area contributed by atoms with E-state index in [-0.39, 0.29) is 17.9 Å². The van der Waals surface area contributed by atoms with Crippen LogP contribution >= 0.6 is 0 Å². The number of carboxylic acids is 2. The van der Waals surface area contributed by atoms with Gasteiger partial charge in [-0.1, -0.05) is 0 Å². The van der Waals surface area contributed by atoms with Gasteiger partial charge in [-0.25, -0.2) is 14.4 Å². The summed E-state index contributed by atoms with van der Waals surface area (Å²) < 4.78 is 5.91. The van der Waals surface area contributed by atoms with Crippen molar-refractivity contribution in [3.8, 4) is 5.75 Å². The third kappa shape index (κ3) is 14.5. The van der Waals surface area contributed by atoms with Gasteiger partial charge in [0, 0.05) is 36.8 Å². The third-order valence-electron chi connectivity index (χ3n) is 7.57. The SMILES string of the molecule is CC(=O)c1ccc(OCCN(C(=O)N(CCCN2CCCC2)CCCN2CCCC2)C(C)C)cc1.O=C(O)C=CC(=O)O. The third-order valence-corrected chi connectivity index (χ3v) is 7.57. The van der Waals surface area contributed by atoms with E-state index in [4.69, 9.17) is 14.9 Å². The average Bonchev–Trinajstić information content (AvgIpc) is 3.68. The summed E-state index contributed by atoms with van der Waals surface area (Å²) in [6.45, 7) is 15.3. The maximum absolute atomic E-state index is 13.6. The van der Waals surface area contributed by atoms with Crippen molar-refractivity contribution < 1.29 is 34.1 Å². The number of ketones is 1. The van der Waals surface area contributed by atoms with E-state index in [1.54, 1.807) is 19.1 Å². The number of aliphatic carboxylic acids is 2. The Hall–Kier alpha value is -3.44. The fourth-order valence-corrected chi connectivity index (χ4v) is 5.23. The molecule has 1 aromatic carbocycles. The smallest absolute Gasteiger partial charge is 0.328 e. The molecular formula is C32H50N4O7. The molecule has 240 valence electrons. The second kappa shape index (κ2) is 19.7. The van der Waals surface area contributed by atoms with E-state index >= 15 is 0 Å². The Bertz CT molecular complexity index is 995. The highest BCUT2D eigenvalue weighted by Crippen LogP contribution is 2.15. The number of hydrogen-bond donors (Lipinski definition) is 2. The molecule has 11 heteroatoms. The number of hydrogen-bond acceptors (Lipinski definition) is 7. The Balaban J connectivity index is 0.000000708. The fraction of sp³-hybridized carbons (Fsp3) is 0.625. The Morgan fingerprint density at radius 1 is 0.814 bits per heavy atom. The normalized spacial score (nSPS) is 15.3. The topological polar surface area (TPSA) is 131 Å². The number of rotatable bonds is 16. The number of benzene rings is 1. The number of carboxylic acid groups (broad SMARTS) is 2. The fourth-order valence-electron chi connectivity index (χ4n) is 5.23. The van der Waals surface area contributed by atoms with E-state index < -0.39 is 11.9 Å². The molecule has 43 heavy (non-hydrogen) atoms. The molecule has 0 atom stereocenters. The van der Waals surface area contributed by atoms with Crippen LogP contribution in [-0.2, 0) is 9.59 Å². The quantitative estimate of drug-likeness (QED) is 0.212. The van der Waals surface area contributed by atoms with Crippen molar-refractivity contribution in [2.45, 2.75) is 65.3 Å². The van der Waals surface area contributed by atoms with Gasteiger partial charge < -0.3 is 34.5 Å². The molecule has 0 aromatic heterocycles. The van der Waals surface area contributed by atoms with Crippen LogP contribution in [0.1, 0.15) is 69.7 Å². The lowest BCUT2D eigenvalue weighted by molar-refractivity contribution is -0.134. The molecule has 0 unspecified atom stereocenters. The highest BCUT2D eigenvalue weighted by atomic mass is 16.5. The van der Waals surface area contributed by atoms with Crippen LogP contribution in [0.2, 0.25) is 0 Å². The Labute approximate surface area is 256 Å². The molecule has 3 rings (SSSR count). The molecule has 0 spiro atoms. The number of nitrogens with zero attached hydrogens (tertiary/aromatic N) is 4. The van der Waals surface area contributed by atoms with Crippen molar-refractivity contribution in [2.24, 2.45) is 0 Å². The minimum absolute atomic E-state index is 0.0442. The first-order valence-corrected chi connectivity index (χ1v) is 15.4. The lowest BCUT2D eigenvalue weighted by atomic mass is 10.1. The lowest BCUT2D eigenvalue weighted by Gasteiger charge is -2.34. The Morgan fingerprint density at radius 3 is 1.67 bits per heavy atom. The van der Waals surface area contributed by atoms with Crippen LogP contribution in [0.15, 0.2) is 36.4 Å². The first-order valence-electron chi connectivity index (χ1n) is 15.4. The van der Waals surface area contributed by atoms with Crippen molar-refractivity contribution >= 4 is 23.8 Å². The minimum atomic E-state index is -1.26. The lowest BCUT2D eigenvalue weighted by Crippen LogP contribution is -2.49.